The Labute approximate surface area is 210 Å². The highest BCUT2D eigenvalue weighted by Gasteiger charge is 2.42. The van der Waals surface area contributed by atoms with Gasteiger partial charge in [0.05, 0.1) is 24.2 Å². The largest absolute Gasteiger partial charge is 0.444 e. The molecular weight excluding hydrogens is 444 g/mol. The number of carbonyl (C=O) groups is 1. The number of nitriles is 1. The van der Waals surface area contributed by atoms with Gasteiger partial charge < -0.3 is 14.4 Å². The molecule has 1 amide bonds. The van der Waals surface area contributed by atoms with E-state index in [1.54, 1.807) is 0 Å². The average Bonchev–Trinajstić information content (AvgIpc) is 3.28. The second-order valence-electron chi connectivity index (χ2n) is 12.1. The number of nitrogens with one attached hydrogen (secondary N) is 2. The summed E-state index contributed by atoms with van der Waals surface area (Å²) in [4.78, 5) is 20.5. The molecule has 2 aliphatic heterocycles. The van der Waals surface area contributed by atoms with Crippen molar-refractivity contribution in [1.29, 1.82) is 5.26 Å². The van der Waals surface area contributed by atoms with Crippen molar-refractivity contribution in [2.24, 2.45) is 23.7 Å². The van der Waals surface area contributed by atoms with Crippen molar-refractivity contribution in [3.8, 4) is 6.07 Å². The third-order valence-electron chi connectivity index (χ3n) is 8.09. The molecule has 0 bridgehead atoms. The summed E-state index contributed by atoms with van der Waals surface area (Å²) in [5, 5.41) is 13.4. The summed E-state index contributed by atoms with van der Waals surface area (Å²) in [6.07, 6.45) is 5.59. The van der Waals surface area contributed by atoms with E-state index >= 15 is 0 Å². The van der Waals surface area contributed by atoms with Crippen molar-refractivity contribution < 1.29 is 19.1 Å². The molecule has 2 saturated heterocycles. The van der Waals surface area contributed by atoms with Crippen LogP contribution in [0.4, 0.5) is 4.79 Å². The van der Waals surface area contributed by atoms with Crippen LogP contribution in [-0.2, 0) is 14.3 Å². The van der Waals surface area contributed by atoms with E-state index in [0.29, 0.717) is 17.8 Å². The fraction of sp³-hybridized carbons (Fsp3) is 0.852. The van der Waals surface area contributed by atoms with Crippen molar-refractivity contribution in [2.45, 2.75) is 110 Å². The Balaban J connectivity index is 1.34. The van der Waals surface area contributed by atoms with Gasteiger partial charge in [0.1, 0.15) is 18.0 Å². The maximum absolute atomic E-state index is 12.6. The number of allylic oxidation sites excluding steroid dienone is 1. The first kappa shape index (κ1) is 26.4. The molecule has 0 aromatic carbocycles. The molecule has 8 nitrogen and oxygen atoms in total. The van der Waals surface area contributed by atoms with Crippen LogP contribution in [0.5, 0.6) is 0 Å². The molecule has 7 atom stereocenters. The fourth-order valence-electron chi connectivity index (χ4n) is 6.41. The number of likely N-dealkylation sites (tertiary alicyclic amines) is 1. The Morgan fingerprint density at radius 1 is 1.20 bits per heavy atom. The standard InChI is InChI=1S/C27H44N4O4/c1-16(2)33-23-10-8-18(13-20(23)14-28)25-29-24(30-35-25)22-9-7-19-15-31(12-11-21(19)17(22)3)26(32)34-27(4,5)6/h16,18-21,23-25,29-30H,7-13,15H2,1-6H3/t18?,19?,20?,21-,23?,24?,25?/m1/s1. The summed E-state index contributed by atoms with van der Waals surface area (Å²) in [5.74, 6) is 1.17. The predicted octanol–water partition coefficient (Wildman–Crippen LogP) is 4.48. The Morgan fingerprint density at radius 2 is 1.97 bits per heavy atom. The number of piperidine rings is 1. The lowest BCUT2D eigenvalue weighted by atomic mass is 9.71. The third-order valence-corrected chi connectivity index (χ3v) is 8.09. The van der Waals surface area contributed by atoms with E-state index in [9.17, 15) is 10.1 Å². The van der Waals surface area contributed by atoms with E-state index in [0.717, 1.165) is 51.6 Å². The van der Waals surface area contributed by atoms with Gasteiger partial charge in [0.25, 0.3) is 0 Å². The molecule has 2 N–H and O–H groups in total. The van der Waals surface area contributed by atoms with E-state index in [1.165, 1.54) is 11.1 Å². The van der Waals surface area contributed by atoms with Crippen molar-refractivity contribution in [3.05, 3.63) is 11.1 Å². The van der Waals surface area contributed by atoms with E-state index in [-0.39, 0.29) is 36.6 Å². The second kappa shape index (κ2) is 10.8. The van der Waals surface area contributed by atoms with Crippen LogP contribution in [0, 0.1) is 35.0 Å². The van der Waals surface area contributed by atoms with Crippen LogP contribution in [0.2, 0.25) is 0 Å². The van der Waals surface area contributed by atoms with Crippen molar-refractivity contribution in [3.63, 3.8) is 0 Å². The summed E-state index contributed by atoms with van der Waals surface area (Å²) in [5.41, 5.74) is 5.63. The Kier molecular flexibility index (Phi) is 8.12. The van der Waals surface area contributed by atoms with Gasteiger partial charge in [-0.15, -0.1) is 0 Å². The zero-order valence-corrected chi connectivity index (χ0v) is 22.3. The summed E-state index contributed by atoms with van der Waals surface area (Å²) in [6, 6.07) is 2.47. The highest BCUT2D eigenvalue weighted by Crippen LogP contribution is 2.42. The second-order valence-corrected chi connectivity index (χ2v) is 12.1. The molecule has 6 unspecified atom stereocenters. The van der Waals surface area contributed by atoms with Gasteiger partial charge >= 0.3 is 6.09 Å². The monoisotopic (exact) mass is 488 g/mol. The normalized spacial score (nSPS) is 36.2. The van der Waals surface area contributed by atoms with Gasteiger partial charge in [0.2, 0.25) is 0 Å². The maximum atomic E-state index is 12.6. The zero-order valence-electron chi connectivity index (χ0n) is 22.3. The van der Waals surface area contributed by atoms with Gasteiger partial charge in [0.15, 0.2) is 0 Å². The lowest BCUT2D eigenvalue weighted by Crippen LogP contribution is -2.48. The van der Waals surface area contributed by atoms with Crippen LogP contribution >= 0.6 is 0 Å². The first-order valence-electron chi connectivity index (χ1n) is 13.5. The number of hydrogen-bond acceptors (Lipinski definition) is 7. The molecule has 4 rings (SSSR count). The molecule has 2 heterocycles. The van der Waals surface area contributed by atoms with Crippen LogP contribution in [-0.4, -0.2) is 54.3 Å². The highest BCUT2D eigenvalue weighted by molar-refractivity contribution is 5.68. The SMILES string of the molecule is CC1=C(C2NOC(C3CCC(OC(C)C)C(C#N)C3)N2)CCC2CN(C(=O)OC(C)(C)C)CC[C@H]12. The minimum Gasteiger partial charge on any atom is -0.444 e. The van der Waals surface area contributed by atoms with Gasteiger partial charge in [-0.05, 0) is 97.5 Å². The van der Waals surface area contributed by atoms with Gasteiger partial charge in [-0.2, -0.15) is 10.7 Å². The number of nitrogens with zero attached hydrogens (tertiary/aromatic N) is 2. The first-order chi connectivity index (χ1) is 16.6. The molecule has 196 valence electrons. The lowest BCUT2D eigenvalue weighted by molar-refractivity contribution is -0.0710. The topological polar surface area (TPSA) is 95.9 Å². The Hall–Kier alpha value is -1.66. The number of carbonyl (C=O) groups excluding carboxylic acids is 1. The van der Waals surface area contributed by atoms with Crippen LogP contribution < -0.4 is 10.8 Å². The molecule has 4 aliphatic rings. The summed E-state index contributed by atoms with van der Waals surface area (Å²) < 4.78 is 11.6. The Bertz CT molecular complexity index is 845. The van der Waals surface area contributed by atoms with E-state index in [4.69, 9.17) is 14.3 Å². The molecule has 2 aliphatic carbocycles. The quantitative estimate of drug-likeness (QED) is 0.563. The van der Waals surface area contributed by atoms with Crippen LogP contribution in [0.15, 0.2) is 11.1 Å². The molecule has 3 fully saturated rings. The molecule has 8 heteroatoms. The van der Waals surface area contributed by atoms with Crippen molar-refractivity contribution in [1.82, 2.24) is 15.7 Å². The van der Waals surface area contributed by atoms with Crippen LogP contribution in [0.3, 0.4) is 0 Å². The molecule has 1 saturated carbocycles. The van der Waals surface area contributed by atoms with E-state index in [2.05, 4.69) is 23.8 Å². The predicted molar refractivity (Wildman–Crippen MR) is 133 cm³/mol. The fourth-order valence-corrected chi connectivity index (χ4v) is 6.41. The van der Waals surface area contributed by atoms with Gasteiger partial charge in [-0.3, -0.25) is 10.2 Å². The average molecular weight is 489 g/mol. The molecular formula is C27H44N4O4. The van der Waals surface area contributed by atoms with Gasteiger partial charge in [-0.1, -0.05) is 5.57 Å². The lowest BCUT2D eigenvalue weighted by Gasteiger charge is -2.43. The van der Waals surface area contributed by atoms with Crippen LogP contribution in [0.1, 0.15) is 80.1 Å². The Morgan fingerprint density at radius 3 is 2.66 bits per heavy atom. The zero-order chi connectivity index (χ0) is 25.3. The summed E-state index contributed by atoms with van der Waals surface area (Å²) in [6.45, 7) is 13.6. The number of rotatable bonds is 4. The molecule has 0 aromatic rings. The van der Waals surface area contributed by atoms with Crippen molar-refractivity contribution in [2.75, 3.05) is 13.1 Å². The molecule has 0 spiro atoms. The third kappa shape index (κ3) is 6.19. The summed E-state index contributed by atoms with van der Waals surface area (Å²) >= 11 is 0. The van der Waals surface area contributed by atoms with Crippen molar-refractivity contribution >= 4 is 6.09 Å². The van der Waals surface area contributed by atoms with E-state index in [1.807, 2.05) is 39.5 Å². The molecule has 0 radical (unpaired) electrons. The smallest absolute Gasteiger partial charge is 0.410 e. The number of ether oxygens (including phenoxy) is 2. The minimum atomic E-state index is -0.464. The van der Waals surface area contributed by atoms with Gasteiger partial charge in [0, 0.05) is 19.0 Å². The maximum Gasteiger partial charge on any atom is 0.410 e. The van der Waals surface area contributed by atoms with E-state index < -0.39 is 5.60 Å². The highest BCUT2D eigenvalue weighted by atomic mass is 16.7. The summed E-state index contributed by atoms with van der Waals surface area (Å²) in [7, 11) is 0. The number of amides is 1. The first-order valence-corrected chi connectivity index (χ1v) is 13.5. The number of hydrogen-bond donors (Lipinski definition) is 2. The van der Waals surface area contributed by atoms with Gasteiger partial charge in [-0.25, -0.2) is 4.79 Å². The molecule has 0 aromatic heterocycles. The van der Waals surface area contributed by atoms with Crippen LogP contribution in [0.25, 0.3) is 0 Å². The minimum absolute atomic E-state index is 0.00927. The molecule has 35 heavy (non-hydrogen) atoms. The number of fused-ring (bicyclic) bond motifs is 1. The number of hydroxylamine groups is 1.